The van der Waals surface area contributed by atoms with E-state index in [9.17, 15) is 44.9 Å². The quantitative estimate of drug-likeness (QED) is 0.221. The Bertz CT molecular complexity index is 1350. The van der Waals surface area contributed by atoms with E-state index in [2.05, 4.69) is 0 Å². The number of likely N-dealkylation sites (N-methyl/N-ethyl adjacent to an activating group) is 1. The highest BCUT2D eigenvalue weighted by molar-refractivity contribution is 6.24. The summed E-state index contributed by atoms with van der Waals surface area (Å²) in [4.78, 5) is 51.7. The molecule has 0 heterocycles. The monoisotopic (exact) mass is 515 g/mol. The topological polar surface area (TPSA) is 205 Å². The molecular formula is C25H29N3O9. The van der Waals surface area contributed by atoms with Crippen LogP contribution in [0.1, 0.15) is 43.9 Å². The van der Waals surface area contributed by atoms with Crippen LogP contribution in [0, 0.1) is 22.0 Å². The molecule has 0 saturated heterocycles. The first-order chi connectivity index (χ1) is 17.0. The van der Waals surface area contributed by atoms with E-state index in [1.54, 1.807) is 20.8 Å². The van der Waals surface area contributed by atoms with Gasteiger partial charge in [0.1, 0.15) is 22.8 Å². The molecule has 6 N–H and O–H groups in total. The molecule has 12 heteroatoms. The molecule has 37 heavy (non-hydrogen) atoms. The maximum atomic E-state index is 13.8. The summed E-state index contributed by atoms with van der Waals surface area (Å²) >= 11 is 0. The van der Waals surface area contributed by atoms with Crippen molar-refractivity contribution < 1.29 is 39.7 Å². The third kappa shape index (κ3) is 3.46. The molecule has 0 unspecified atom stereocenters. The van der Waals surface area contributed by atoms with Gasteiger partial charge in [0.05, 0.1) is 16.5 Å². The number of hydrogen-bond acceptors (Lipinski definition) is 10. The second-order valence-corrected chi connectivity index (χ2v) is 11.1. The van der Waals surface area contributed by atoms with Crippen LogP contribution in [0.3, 0.4) is 0 Å². The number of benzene rings is 1. The van der Waals surface area contributed by atoms with Gasteiger partial charge in [-0.05, 0) is 38.3 Å². The first kappa shape index (κ1) is 26.3. The molecular weight excluding hydrogens is 486 g/mol. The lowest BCUT2D eigenvalue weighted by Gasteiger charge is -2.50. The number of carbonyl (C=O) groups excluding carboxylic acids is 3. The predicted octanol–water partition coefficient (Wildman–Crippen LogP) is 1.17. The maximum absolute atomic E-state index is 13.8. The summed E-state index contributed by atoms with van der Waals surface area (Å²) < 4.78 is 0. The summed E-state index contributed by atoms with van der Waals surface area (Å²) in [5, 5.41) is 56.8. The average Bonchev–Trinajstić information content (AvgIpc) is 2.74. The largest absolute Gasteiger partial charge is 0.508 e. The third-order valence-electron chi connectivity index (χ3n) is 7.70. The number of phenolic OH excluding ortho intramolecular Hbond substituents is 1. The molecule has 0 radical (unpaired) electrons. The van der Waals surface area contributed by atoms with Crippen LogP contribution in [0.25, 0.3) is 5.76 Å². The third-order valence-corrected chi connectivity index (χ3v) is 7.70. The number of primary amides is 1. The van der Waals surface area contributed by atoms with E-state index in [4.69, 9.17) is 5.73 Å². The molecule has 198 valence electrons. The van der Waals surface area contributed by atoms with E-state index >= 15 is 0 Å². The molecule has 3 aliphatic carbocycles. The zero-order valence-corrected chi connectivity index (χ0v) is 21.0. The zero-order valence-electron chi connectivity index (χ0n) is 21.0. The number of nitrogens with two attached hydrogens (primary N) is 1. The Morgan fingerprint density at radius 2 is 1.81 bits per heavy atom. The lowest BCUT2D eigenvalue weighted by Crippen LogP contribution is -2.65. The fraction of sp³-hybridized carbons (Fsp3) is 0.480. The highest BCUT2D eigenvalue weighted by atomic mass is 16.6. The van der Waals surface area contributed by atoms with Crippen LogP contribution in [0.15, 0.2) is 23.0 Å². The number of rotatable bonds is 3. The van der Waals surface area contributed by atoms with Gasteiger partial charge in [-0.3, -0.25) is 29.4 Å². The molecule has 0 spiro atoms. The second kappa shape index (κ2) is 8.12. The molecule has 1 aromatic rings. The van der Waals surface area contributed by atoms with Gasteiger partial charge in [0.25, 0.3) is 11.6 Å². The summed E-state index contributed by atoms with van der Waals surface area (Å²) in [6.45, 7) is 5.13. The number of ketones is 2. The Morgan fingerprint density at radius 1 is 1.22 bits per heavy atom. The number of nitrogens with zero attached hydrogens (tertiary/aromatic N) is 2. The van der Waals surface area contributed by atoms with E-state index in [1.807, 2.05) is 0 Å². The highest BCUT2D eigenvalue weighted by Crippen LogP contribution is 2.54. The summed E-state index contributed by atoms with van der Waals surface area (Å²) in [6, 6.07) is 0.0116. The van der Waals surface area contributed by atoms with Gasteiger partial charge in [0.2, 0.25) is 5.78 Å². The first-order valence-corrected chi connectivity index (χ1v) is 11.6. The van der Waals surface area contributed by atoms with E-state index in [0.29, 0.717) is 0 Å². The molecule has 3 aliphatic rings. The fourth-order valence-corrected chi connectivity index (χ4v) is 6.03. The smallest absolute Gasteiger partial charge is 0.273 e. The number of amides is 1. The number of hydrogen-bond donors (Lipinski definition) is 5. The van der Waals surface area contributed by atoms with Crippen LogP contribution >= 0.6 is 0 Å². The van der Waals surface area contributed by atoms with E-state index in [0.717, 1.165) is 0 Å². The molecule has 0 aromatic heterocycles. The number of nitro groups is 1. The number of aliphatic hydroxyl groups excluding tert-OH is 2. The van der Waals surface area contributed by atoms with Gasteiger partial charge in [-0.15, -0.1) is 0 Å². The minimum atomic E-state index is -2.77. The number of aromatic hydroxyl groups is 1. The molecule has 1 aromatic carbocycles. The van der Waals surface area contributed by atoms with Crippen molar-refractivity contribution in [3.8, 4) is 5.75 Å². The van der Waals surface area contributed by atoms with Crippen LogP contribution in [0.4, 0.5) is 5.69 Å². The van der Waals surface area contributed by atoms with E-state index < -0.39 is 74.1 Å². The standard InChI is InChI=1S/C25H29N3O9/c1-24(2,3)12-8-13(28(36)37)10-6-9-7-11-17(27(4)5)20(31)16(23(26)34)22(33)25(11,35)21(32)14(9)19(30)15(10)18(12)29/h8-9,11,17,29-30,33,35H,6-7H2,1-5H3,(H2,26,34)/t9-,11-,17-,25-/m0/s1. The summed E-state index contributed by atoms with van der Waals surface area (Å²) in [6.07, 6.45) is -0.298. The molecule has 4 rings (SSSR count). The van der Waals surface area contributed by atoms with Gasteiger partial charge in [0.15, 0.2) is 11.4 Å². The minimum Gasteiger partial charge on any atom is -0.508 e. The van der Waals surface area contributed by atoms with Gasteiger partial charge in [0, 0.05) is 28.7 Å². The van der Waals surface area contributed by atoms with Crippen LogP contribution in [-0.2, 0) is 26.2 Å². The van der Waals surface area contributed by atoms with Gasteiger partial charge >= 0.3 is 0 Å². The predicted molar refractivity (Wildman–Crippen MR) is 130 cm³/mol. The molecule has 4 atom stereocenters. The summed E-state index contributed by atoms with van der Waals surface area (Å²) in [5.74, 6) is -7.91. The van der Waals surface area contributed by atoms with Gasteiger partial charge < -0.3 is 26.2 Å². The van der Waals surface area contributed by atoms with E-state index in [-0.39, 0.29) is 40.8 Å². The Balaban J connectivity index is 2.04. The lowest BCUT2D eigenvalue weighted by molar-refractivity contribution is -0.385. The lowest BCUT2D eigenvalue weighted by atomic mass is 9.57. The number of nitro benzene ring substituents is 1. The Labute approximate surface area is 211 Å². The van der Waals surface area contributed by atoms with Crippen molar-refractivity contribution >= 4 is 28.9 Å². The second-order valence-electron chi connectivity index (χ2n) is 11.1. The first-order valence-electron chi connectivity index (χ1n) is 11.6. The normalized spacial score (nSPS) is 27.7. The molecule has 1 amide bonds. The number of aliphatic hydroxyl groups is 3. The summed E-state index contributed by atoms with van der Waals surface area (Å²) in [7, 11) is 2.98. The Hall–Kier alpha value is -3.77. The number of carbonyl (C=O) groups is 3. The van der Waals surface area contributed by atoms with E-state index in [1.165, 1.54) is 25.1 Å². The van der Waals surface area contributed by atoms with Crippen LogP contribution < -0.4 is 5.73 Å². The fourth-order valence-electron chi connectivity index (χ4n) is 6.03. The molecule has 1 fully saturated rings. The molecule has 0 bridgehead atoms. The minimum absolute atomic E-state index is 0.0149. The van der Waals surface area contributed by atoms with Crippen LogP contribution in [0.5, 0.6) is 5.75 Å². The molecule has 1 saturated carbocycles. The van der Waals surface area contributed by atoms with Crippen molar-refractivity contribution in [2.45, 2.75) is 50.7 Å². The van der Waals surface area contributed by atoms with Crippen molar-refractivity contribution in [2.75, 3.05) is 14.1 Å². The SMILES string of the molecule is CN(C)[C@@H]1C(=O)C(C(N)=O)=C(O)[C@@]2(O)C(=O)C3=C(O)c4c(O)c(C(C)(C)C)cc([N+](=O)[O-])c4C[C@H]3C[C@@H]12. The van der Waals surface area contributed by atoms with Crippen molar-refractivity contribution in [3.05, 3.63) is 49.8 Å². The maximum Gasteiger partial charge on any atom is 0.273 e. The number of phenols is 1. The van der Waals surface area contributed by atoms with Crippen LogP contribution in [-0.4, -0.2) is 73.5 Å². The van der Waals surface area contributed by atoms with Gasteiger partial charge in [-0.25, -0.2) is 0 Å². The molecule has 12 nitrogen and oxygen atoms in total. The van der Waals surface area contributed by atoms with Gasteiger partial charge in [-0.2, -0.15) is 0 Å². The Kier molecular flexibility index (Phi) is 5.77. The van der Waals surface area contributed by atoms with Crippen LogP contribution in [0.2, 0.25) is 0 Å². The molecule has 0 aliphatic heterocycles. The van der Waals surface area contributed by atoms with Crippen molar-refractivity contribution in [2.24, 2.45) is 17.6 Å². The average molecular weight is 516 g/mol. The number of Topliss-reactive ketones (excluding diaryl/α,β-unsaturated/α-hetero) is 2. The van der Waals surface area contributed by atoms with Crippen molar-refractivity contribution in [1.82, 2.24) is 4.90 Å². The van der Waals surface area contributed by atoms with Crippen molar-refractivity contribution in [1.29, 1.82) is 0 Å². The number of fused-ring (bicyclic) bond motifs is 3. The highest BCUT2D eigenvalue weighted by Gasteiger charge is 2.64. The van der Waals surface area contributed by atoms with Crippen molar-refractivity contribution in [3.63, 3.8) is 0 Å². The zero-order chi connectivity index (χ0) is 27.9. The Morgan fingerprint density at radius 3 is 2.30 bits per heavy atom. The van der Waals surface area contributed by atoms with Gasteiger partial charge in [-0.1, -0.05) is 20.8 Å². The summed E-state index contributed by atoms with van der Waals surface area (Å²) in [5.41, 5.74) is 0.0323.